The Morgan fingerprint density at radius 2 is 2.06 bits per heavy atom. The second kappa shape index (κ2) is 7.01. The second-order valence-electron chi connectivity index (χ2n) is 3.89. The second-order valence-corrected chi connectivity index (χ2v) is 3.89. The molecule has 1 unspecified atom stereocenters. The molecule has 0 aromatic heterocycles. The van der Waals surface area contributed by atoms with E-state index < -0.39 is 0 Å². The molecule has 0 aliphatic rings. The molecule has 1 aromatic rings. The molecule has 88 valence electrons. The van der Waals surface area contributed by atoms with Crippen molar-refractivity contribution in [3.05, 3.63) is 35.9 Å². The van der Waals surface area contributed by atoms with Gasteiger partial charge in [-0.3, -0.25) is 4.79 Å². The number of ether oxygens (including phenoxy) is 1. The zero-order valence-corrected chi connectivity index (χ0v) is 9.69. The average molecular weight is 221 g/mol. The van der Waals surface area contributed by atoms with Gasteiger partial charge in [-0.15, -0.1) is 0 Å². The first-order chi connectivity index (χ1) is 7.74. The normalized spacial score (nSPS) is 12.1. The van der Waals surface area contributed by atoms with Crippen molar-refractivity contribution in [2.24, 2.45) is 11.7 Å². The summed E-state index contributed by atoms with van der Waals surface area (Å²) in [5.41, 5.74) is 6.64. The third-order valence-electron chi connectivity index (χ3n) is 2.45. The van der Waals surface area contributed by atoms with Gasteiger partial charge >= 0.3 is 5.97 Å². The Morgan fingerprint density at radius 1 is 1.38 bits per heavy atom. The topological polar surface area (TPSA) is 52.3 Å². The van der Waals surface area contributed by atoms with Gasteiger partial charge in [0.05, 0.1) is 12.5 Å². The van der Waals surface area contributed by atoms with Gasteiger partial charge in [-0.2, -0.15) is 0 Å². The number of carbonyl (C=O) groups is 1. The molecule has 0 saturated carbocycles. The summed E-state index contributed by atoms with van der Waals surface area (Å²) in [5, 5.41) is 0. The fourth-order valence-electron chi connectivity index (χ4n) is 1.33. The summed E-state index contributed by atoms with van der Waals surface area (Å²) < 4.78 is 5.10. The quantitative estimate of drug-likeness (QED) is 0.588. The van der Waals surface area contributed by atoms with Crippen LogP contribution in [-0.4, -0.2) is 19.1 Å². The third-order valence-corrected chi connectivity index (χ3v) is 2.45. The fraction of sp³-hybridized carbons (Fsp3) is 0.462. The summed E-state index contributed by atoms with van der Waals surface area (Å²) in [5.74, 6) is -0.396. The van der Waals surface area contributed by atoms with Gasteiger partial charge in [0, 0.05) is 6.54 Å². The van der Waals surface area contributed by atoms with Gasteiger partial charge in [0.15, 0.2) is 0 Å². The number of rotatable bonds is 6. The van der Waals surface area contributed by atoms with E-state index in [1.54, 1.807) is 6.92 Å². The van der Waals surface area contributed by atoms with Crippen LogP contribution in [-0.2, 0) is 16.0 Å². The molecule has 3 heteroatoms. The van der Waals surface area contributed by atoms with Crippen molar-refractivity contribution in [1.82, 2.24) is 0 Å². The summed E-state index contributed by atoms with van der Waals surface area (Å²) in [6, 6.07) is 10.2. The Kier molecular flexibility index (Phi) is 5.57. The molecule has 0 heterocycles. The van der Waals surface area contributed by atoms with E-state index in [2.05, 4.69) is 12.1 Å². The van der Waals surface area contributed by atoms with E-state index in [9.17, 15) is 4.79 Å². The molecule has 0 fully saturated rings. The van der Waals surface area contributed by atoms with E-state index in [4.69, 9.17) is 10.5 Å². The van der Waals surface area contributed by atoms with Gasteiger partial charge in [-0.25, -0.2) is 0 Å². The molecule has 0 spiro atoms. The van der Waals surface area contributed by atoms with Crippen molar-refractivity contribution in [3.8, 4) is 0 Å². The highest BCUT2D eigenvalue weighted by atomic mass is 16.5. The summed E-state index contributed by atoms with van der Waals surface area (Å²) in [6.45, 7) is 2.59. The lowest BCUT2D eigenvalue weighted by molar-refractivity contribution is -0.147. The molecular weight excluding hydrogens is 202 g/mol. The molecule has 3 nitrogen and oxygen atoms in total. The van der Waals surface area contributed by atoms with Gasteiger partial charge in [-0.05, 0) is 18.4 Å². The average Bonchev–Trinajstić information content (AvgIpc) is 2.34. The predicted molar refractivity (Wildman–Crippen MR) is 63.9 cm³/mol. The number of carbonyl (C=O) groups excluding carboxylic acids is 1. The minimum absolute atomic E-state index is 0.197. The van der Waals surface area contributed by atoms with Gasteiger partial charge in [0.25, 0.3) is 0 Å². The van der Waals surface area contributed by atoms with Crippen LogP contribution in [0.3, 0.4) is 0 Å². The van der Waals surface area contributed by atoms with Gasteiger partial charge in [-0.1, -0.05) is 37.3 Å². The predicted octanol–water partition coefficient (Wildman–Crippen LogP) is 1.76. The van der Waals surface area contributed by atoms with Crippen molar-refractivity contribution < 1.29 is 9.53 Å². The van der Waals surface area contributed by atoms with E-state index >= 15 is 0 Å². The first kappa shape index (κ1) is 12.7. The van der Waals surface area contributed by atoms with E-state index in [0.717, 1.165) is 12.8 Å². The zero-order chi connectivity index (χ0) is 11.8. The highest BCUT2D eigenvalue weighted by molar-refractivity contribution is 5.72. The van der Waals surface area contributed by atoms with Crippen molar-refractivity contribution >= 4 is 5.97 Å². The Morgan fingerprint density at radius 3 is 2.69 bits per heavy atom. The van der Waals surface area contributed by atoms with Crippen LogP contribution in [0.4, 0.5) is 0 Å². The first-order valence-electron chi connectivity index (χ1n) is 5.64. The third kappa shape index (κ3) is 4.45. The minimum Gasteiger partial charge on any atom is -0.465 e. The lowest BCUT2D eigenvalue weighted by Gasteiger charge is -2.08. The summed E-state index contributed by atoms with van der Waals surface area (Å²) in [6.07, 6.45) is 1.79. The van der Waals surface area contributed by atoms with Crippen LogP contribution in [0.5, 0.6) is 0 Å². The maximum Gasteiger partial charge on any atom is 0.309 e. The SMILES string of the molecule is CC(CN)C(=O)OCCCc1ccccc1. The summed E-state index contributed by atoms with van der Waals surface area (Å²) in [4.78, 5) is 11.3. The standard InChI is InChI=1S/C13H19NO2/c1-11(10-14)13(15)16-9-5-8-12-6-3-2-4-7-12/h2-4,6-7,11H,5,8-10,14H2,1H3. The molecule has 0 aliphatic carbocycles. The lowest BCUT2D eigenvalue weighted by Crippen LogP contribution is -2.23. The van der Waals surface area contributed by atoms with Crippen LogP contribution < -0.4 is 5.73 Å². The monoisotopic (exact) mass is 221 g/mol. The lowest BCUT2D eigenvalue weighted by atomic mass is 10.1. The smallest absolute Gasteiger partial charge is 0.309 e. The highest BCUT2D eigenvalue weighted by Gasteiger charge is 2.11. The number of hydrogen-bond acceptors (Lipinski definition) is 3. The molecular formula is C13H19NO2. The molecule has 0 bridgehead atoms. The van der Waals surface area contributed by atoms with E-state index in [1.807, 2.05) is 18.2 Å². The molecule has 2 N–H and O–H groups in total. The number of nitrogens with two attached hydrogens (primary N) is 1. The van der Waals surface area contributed by atoms with Crippen molar-refractivity contribution in [3.63, 3.8) is 0 Å². The maximum atomic E-state index is 11.3. The Balaban J connectivity index is 2.15. The number of hydrogen-bond donors (Lipinski definition) is 1. The Labute approximate surface area is 96.6 Å². The minimum atomic E-state index is -0.199. The van der Waals surface area contributed by atoms with Crippen LogP contribution >= 0.6 is 0 Å². The molecule has 0 aliphatic heterocycles. The van der Waals surface area contributed by atoms with Gasteiger partial charge in [0.1, 0.15) is 0 Å². The molecule has 16 heavy (non-hydrogen) atoms. The molecule has 0 amide bonds. The molecule has 1 aromatic carbocycles. The zero-order valence-electron chi connectivity index (χ0n) is 9.69. The van der Waals surface area contributed by atoms with Gasteiger partial charge in [0.2, 0.25) is 0 Å². The van der Waals surface area contributed by atoms with Crippen LogP contribution in [0.25, 0.3) is 0 Å². The number of benzene rings is 1. The van der Waals surface area contributed by atoms with Crippen LogP contribution in [0.2, 0.25) is 0 Å². The van der Waals surface area contributed by atoms with E-state index in [0.29, 0.717) is 13.2 Å². The number of esters is 1. The van der Waals surface area contributed by atoms with Crippen LogP contribution in [0.15, 0.2) is 30.3 Å². The van der Waals surface area contributed by atoms with Crippen molar-refractivity contribution in [2.45, 2.75) is 19.8 Å². The Bertz CT molecular complexity index is 311. The number of aryl methyl sites for hydroxylation is 1. The van der Waals surface area contributed by atoms with Crippen molar-refractivity contribution in [2.75, 3.05) is 13.2 Å². The first-order valence-corrected chi connectivity index (χ1v) is 5.64. The molecule has 1 rings (SSSR count). The summed E-state index contributed by atoms with van der Waals surface area (Å²) >= 11 is 0. The largest absolute Gasteiger partial charge is 0.465 e. The maximum absolute atomic E-state index is 11.3. The van der Waals surface area contributed by atoms with E-state index in [-0.39, 0.29) is 11.9 Å². The van der Waals surface area contributed by atoms with Crippen LogP contribution in [0.1, 0.15) is 18.9 Å². The van der Waals surface area contributed by atoms with Gasteiger partial charge < -0.3 is 10.5 Å². The summed E-state index contributed by atoms with van der Waals surface area (Å²) in [7, 11) is 0. The fourth-order valence-corrected chi connectivity index (χ4v) is 1.33. The van der Waals surface area contributed by atoms with E-state index in [1.165, 1.54) is 5.56 Å². The van der Waals surface area contributed by atoms with Crippen LogP contribution in [0, 0.1) is 5.92 Å². The Hall–Kier alpha value is -1.35. The highest BCUT2D eigenvalue weighted by Crippen LogP contribution is 2.03. The molecule has 1 atom stereocenters. The molecule has 0 saturated heterocycles. The molecule has 0 radical (unpaired) electrons. The van der Waals surface area contributed by atoms with Crippen molar-refractivity contribution in [1.29, 1.82) is 0 Å².